The number of benzene rings is 6. The summed E-state index contributed by atoms with van der Waals surface area (Å²) >= 11 is 0. The van der Waals surface area contributed by atoms with Crippen LogP contribution in [0.5, 0.6) is 11.5 Å². The van der Waals surface area contributed by atoms with E-state index < -0.39 is 23.3 Å². The Morgan fingerprint density at radius 2 is 0.882 bits per heavy atom. The Bertz CT molecular complexity index is 3680. The highest BCUT2D eigenvalue weighted by Crippen LogP contribution is 2.56. The van der Waals surface area contributed by atoms with E-state index in [9.17, 15) is 27.2 Å². The fraction of sp³-hybridized carbons (Fsp3) is 0.200. The molecule has 0 saturated carbocycles. The van der Waals surface area contributed by atoms with Gasteiger partial charge in [-0.15, -0.1) is 0 Å². The van der Waals surface area contributed by atoms with Gasteiger partial charge in [0.2, 0.25) is 0 Å². The smallest absolute Gasteiger partial charge is 0.251 e. The highest BCUT2D eigenvalue weighted by molar-refractivity contribution is 5.95. The molecule has 8 aromatic rings. The zero-order valence-electron chi connectivity index (χ0n) is 41.7. The van der Waals surface area contributed by atoms with Crippen LogP contribution >= 0.6 is 0 Å². The lowest BCUT2D eigenvalue weighted by atomic mass is 9.83. The number of aromatic nitrogens is 2. The predicted octanol–water partition coefficient (Wildman–Crippen LogP) is 11.5. The number of nitrogen functional groups attached to an aromatic ring is 2. The molecule has 4 aliphatic heterocycles. The molecule has 2 aromatic heterocycles. The molecular weight excluding hydrogens is 977 g/mol. The number of nitrogens with two attached hydrogens (primary N) is 2. The number of hydrogen-bond acceptors (Lipinski definition) is 10. The number of aryl methyl sites for hydroxylation is 2. The van der Waals surface area contributed by atoms with E-state index in [4.69, 9.17) is 30.4 Å². The first-order chi connectivity index (χ1) is 36.7. The Labute approximate surface area is 435 Å². The van der Waals surface area contributed by atoms with Crippen LogP contribution in [0.3, 0.4) is 0 Å². The van der Waals surface area contributed by atoms with Crippen molar-refractivity contribution in [2.24, 2.45) is 0 Å². The van der Waals surface area contributed by atoms with E-state index in [1.165, 1.54) is 12.1 Å². The average Bonchev–Trinajstić information content (AvgIpc) is 4.20. The summed E-state index contributed by atoms with van der Waals surface area (Å²) in [6, 6.07) is 33.7. The van der Waals surface area contributed by atoms with Crippen LogP contribution < -0.4 is 31.6 Å². The maximum atomic E-state index is 14.4. The van der Waals surface area contributed by atoms with Gasteiger partial charge in [0.15, 0.2) is 23.3 Å². The number of carbonyl (C=O) groups is 2. The summed E-state index contributed by atoms with van der Waals surface area (Å²) in [5.74, 6) is -2.07. The Balaban J connectivity index is 0.000000162. The number of nitrogens with zero attached hydrogens (tertiary/aromatic N) is 2. The highest BCUT2D eigenvalue weighted by Gasteiger charge is 2.44. The summed E-state index contributed by atoms with van der Waals surface area (Å²) in [5.41, 5.74) is 24.8. The topological polar surface area (TPSA) is 173 Å². The van der Waals surface area contributed by atoms with E-state index in [1.54, 1.807) is 48.5 Å². The lowest BCUT2D eigenvalue weighted by Gasteiger charge is -2.18. The molecule has 4 unspecified atom stereocenters. The van der Waals surface area contributed by atoms with E-state index in [1.807, 2.05) is 76.2 Å². The largest absolute Gasteiger partial charge is 0.493 e. The number of rotatable bonds is 12. The van der Waals surface area contributed by atoms with E-state index in [2.05, 4.69) is 20.6 Å². The van der Waals surface area contributed by atoms with Gasteiger partial charge in [0.1, 0.15) is 47.6 Å². The summed E-state index contributed by atoms with van der Waals surface area (Å²) in [6.45, 7) is 8.83. The number of halogens is 4. The highest BCUT2D eigenvalue weighted by atomic mass is 19.2. The number of ether oxygens (including phenoxy) is 4. The summed E-state index contributed by atoms with van der Waals surface area (Å²) in [4.78, 5) is 34.8. The molecule has 12 nitrogen and oxygen atoms in total. The van der Waals surface area contributed by atoms with E-state index in [0.29, 0.717) is 70.0 Å². The van der Waals surface area contributed by atoms with Gasteiger partial charge in [0.25, 0.3) is 11.8 Å². The molecule has 0 radical (unpaired) electrons. The first-order valence-corrected chi connectivity index (χ1v) is 24.8. The molecule has 0 saturated heterocycles. The molecule has 2 amide bonds. The molecule has 6 heterocycles. The molecule has 76 heavy (non-hydrogen) atoms. The number of anilines is 2. The van der Waals surface area contributed by atoms with Crippen LogP contribution in [0.25, 0.3) is 22.3 Å². The summed E-state index contributed by atoms with van der Waals surface area (Å²) < 4.78 is 80.3. The zero-order valence-corrected chi connectivity index (χ0v) is 41.7. The minimum absolute atomic E-state index is 0.197. The van der Waals surface area contributed by atoms with Gasteiger partial charge in [-0.25, -0.2) is 27.5 Å². The van der Waals surface area contributed by atoms with Crippen LogP contribution in [0.4, 0.5) is 29.2 Å². The van der Waals surface area contributed by atoms with Gasteiger partial charge < -0.3 is 41.0 Å². The van der Waals surface area contributed by atoms with E-state index in [-0.39, 0.29) is 60.4 Å². The molecule has 12 rings (SSSR count). The standard InChI is InChI=1S/2C30H25F2N3O3/c1-3-37-25-13-26(33)35-15(2)23(25)14-34-30(36)17-8-10-20-22(12-17)29-19-9-7-16(11-21(19)28(20)38-29)18-5-4-6-24(31)27(18)32;1-3-37-25-13-26(33)35-15(2)23(25)14-34-30(36)17-8-10-20-22(12-17)29-21-11-16(7-9-19(21)28(20)38-29)18-5-4-6-24(31)27(18)32/h2*4-13,28-29H,3,14H2,1-2H3,(H2,33,35)(H,34,36). The van der Waals surface area contributed by atoms with Gasteiger partial charge in [0, 0.05) is 70.0 Å². The molecule has 384 valence electrons. The number of amides is 2. The molecule has 4 aliphatic rings. The third-order valence-corrected chi connectivity index (χ3v) is 14.3. The van der Waals surface area contributed by atoms with Crippen molar-refractivity contribution in [3.8, 4) is 33.8 Å². The van der Waals surface area contributed by atoms with Gasteiger partial charge in [0.05, 0.1) is 13.2 Å². The van der Waals surface area contributed by atoms with Gasteiger partial charge in [-0.2, -0.15) is 0 Å². The summed E-state index contributed by atoms with van der Waals surface area (Å²) in [7, 11) is 0. The van der Waals surface area contributed by atoms with Crippen molar-refractivity contribution in [1.29, 1.82) is 0 Å². The van der Waals surface area contributed by atoms with Crippen LogP contribution in [0.15, 0.2) is 121 Å². The van der Waals surface area contributed by atoms with Crippen LogP contribution in [-0.4, -0.2) is 35.0 Å². The monoisotopic (exact) mass is 1030 g/mol. The van der Waals surface area contributed by atoms with Crippen molar-refractivity contribution in [3.05, 3.63) is 223 Å². The van der Waals surface area contributed by atoms with Crippen LogP contribution in [0.1, 0.15) is 126 Å². The fourth-order valence-corrected chi connectivity index (χ4v) is 10.7. The minimum Gasteiger partial charge on any atom is -0.493 e. The van der Waals surface area contributed by atoms with Crippen molar-refractivity contribution in [2.45, 2.75) is 65.2 Å². The molecule has 0 aliphatic carbocycles. The van der Waals surface area contributed by atoms with Crippen molar-refractivity contribution in [1.82, 2.24) is 20.6 Å². The van der Waals surface area contributed by atoms with Crippen molar-refractivity contribution >= 4 is 23.5 Å². The second-order valence-corrected chi connectivity index (χ2v) is 18.8. The van der Waals surface area contributed by atoms with Crippen molar-refractivity contribution < 1.29 is 46.1 Å². The first kappa shape index (κ1) is 49.6. The molecule has 0 fully saturated rings. The van der Waals surface area contributed by atoms with Gasteiger partial charge in [-0.05, 0) is 132 Å². The first-order valence-electron chi connectivity index (χ1n) is 24.8. The molecule has 0 spiro atoms. The third kappa shape index (κ3) is 8.82. The minimum atomic E-state index is -0.889. The molecular formula is C60H50F4N6O6. The average molecular weight is 1030 g/mol. The Kier molecular flexibility index (Phi) is 13.0. The van der Waals surface area contributed by atoms with Gasteiger partial charge in [-0.1, -0.05) is 60.7 Å². The Morgan fingerprint density at radius 3 is 1.29 bits per heavy atom. The Hall–Kier alpha value is -8.60. The van der Waals surface area contributed by atoms with Crippen LogP contribution in [0, 0.1) is 37.1 Å². The maximum Gasteiger partial charge on any atom is 0.251 e. The summed E-state index contributed by atoms with van der Waals surface area (Å²) in [5, 5.41) is 5.91. The second-order valence-electron chi connectivity index (χ2n) is 18.8. The molecule has 16 heteroatoms. The van der Waals surface area contributed by atoms with Crippen molar-refractivity contribution in [3.63, 3.8) is 0 Å². The number of pyridine rings is 2. The number of nitrogens with one attached hydrogen (secondary N) is 2. The van der Waals surface area contributed by atoms with Crippen molar-refractivity contribution in [2.75, 3.05) is 24.7 Å². The molecule has 6 aromatic carbocycles. The number of fused-ring (bicyclic) bond motifs is 16. The third-order valence-electron chi connectivity index (χ3n) is 14.3. The zero-order chi connectivity index (χ0) is 53.1. The second kappa shape index (κ2) is 19.9. The van der Waals surface area contributed by atoms with Gasteiger partial charge in [-0.3, -0.25) is 9.59 Å². The van der Waals surface area contributed by atoms with E-state index in [0.717, 1.165) is 67.8 Å². The SMILES string of the molecule is CCOc1cc(N)nc(C)c1CNC(=O)c1ccc2c(c1)C1OC2c2cc(-c3cccc(F)c3F)ccc21.CCOc1cc(N)nc(C)c1CNC(=O)c1ccc2c(c1)C1OC2c2ccc(-c3cccc(F)c3F)cc21. The number of hydrogen-bond donors (Lipinski definition) is 4. The molecule has 6 N–H and O–H groups in total. The Morgan fingerprint density at radius 1 is 0.513 bits per heavy atom. The van der Waals surface area contributed by atoms with E-state index >= 15 is 0 Å². The lowest BCUT2D eigenvalue weighted by Crippen LogP contribution is -2.24. The maximum absolute atomic E-state index is 14.4. The number of carbonyl (C=O) groups excluding carboxylic acids is 2. The predicted molar refractivity (Wildman–Crippen MR) is 277 cm³/mol. The lowest BCUT2D eigenvalue weighted by molar-refractivity contribution is 0.0856. The molecule has 4 bridgehead atoms. The fourth-order valence-electron chi connectivity index (χ4n) is 10.7. The van der Waals surface area contributed by atoms with Crippen LogP contribution in [-0.2, 0) is 22.6 Å². The molecule has 4 atom stereocenters. The quantitative estimate of drug-likeness (QED) is 0.0863. The van der Waals surface area contributed by atoms with Gasteiger partial charge >= 0.3 is 0 Å². The summed E-state index contributed by atoms with van der Waals surface area (Å²) in [6.07, 6.45) is -1.29. The normalized spacial score (nSPS) is 16.7. The van der Waals surface area contributed by atoms with Crippen LogP contribution in [0.2, 0.25) is 0 Å².